The van der Waals surface area contributed by atoms with E-state index in [9.17, 15) is 4.79 Å². The number of aldehydes is 1. The van der Waals surface area contributed by atoms with Crippen LogP contribution in [0.15, 0.2) is 30.3 Å². The van der Waals surface area contributed by atoms with Crippen LogP contribution < -0.4 is 4.74 Å². The summed E-state index contributed by atoms with van der Waals surface area (Å²) in [5, 5.41) is 4.29. The average Bonchev–Trinajstić information content (AvgIpc) is 2.78. The number of carbonyl (C=O) groups excluding carboxylic acids is 1. The lowest BCUT2D eigenvalue weighted by molar-refractivity contribution is 0.111. The SMILES string of the molecule is CCCOc1ccc(-c2cc(C=O)n(C)n2)cc1. The minimum Gasteiger partial charge on any atom is -0.494 e. The first-order chi connectivity index (χ1) is 8.74. The molecule has 0 saturated carbocycles. The van der Waals surface area contributed by atoms with Gasteiger partial charge in [-0.3, -0.25) is 9.48 Å². The third-order valence-corrected chi connectivity index (χ3v) is 2.66. The number of ether oxygens (including phenoxy) is 1. The van der Waals surface area contributed by atoms with Crippen molar-refractivity contribution in [3.63, 3.8) is 0 Å². The van der Waals surface area contributed by atoms with E-state index < -0.39 is 0 Å². The third-order valence-electron chi connectivity index (χ3n) is 2.66. The average molecular weight is 244 g/mol. The van der Waals surface area contributed by atoms with Crippen LogP contribution in [0.1, 0.15) is 23.8 Å². The smallest absolute Gasteiger partial charge is 0.168 e. The van der Waals surface area contributed by atoms with E-state index in [-0.39, 0.29) is 0 Å². The highest BCUT2D eigenvalue weighted by atomic mass is 16.5. The third kappa shape index (κ3) is 2.59. The van der Waals surface area contributed by atoms with Crippen LogP contribution in [0, 0.1) is 0 Å². The Kier molecular flexibility index (Phi) is 3.77. The zero-order valence-electron chi connectivity index (χ0n) is 10.6. The Morgan fingerprint density at radius 1 is 1.33 bits per heavy atom. The Morgan fingerprint density at radius 3 is 2.61 bits per heavy atom. The van der Waals surface area contributed by atoms with E-state index in [0.29, 0.717) is 5.69 Å². The second-order valence-electron chi connectivity index (χ2n) is 4.07. The van der Waals surface area contributed by atoms with Crippen molar-refractivity contribution in [1.82, 2.24) is 9.78 Å². The molecule has 0 aliphatic rings. The van der Waals surface area contributed by atoms with Gasteiger partial charge in [0.2, 0.25) is 0 Å². The van der Waals surface area contributed by atoms with Crippen LogP contribution in [0.5, 0.6) is 5.75 Å². The number of benzene rings is 1. The van der Waals surface area contributed by atoms with Gasteiger partial charge in [-0.15, -0.1) is 0 Å². The van der Waals surface area contributed by atoms with Gasteiger partial charge in [0.05, 0.1) is 12.3 Å². The van der Waals surface area contributed by atoms with Gasteiger partial charge in [0.15, 0.2) is 6.29 Å². The highest BCUT2D eigenvalue weighted by Crippen LogP contribution is 2.21. The monoisotopic (exact) mass is 244 g/mol. The normalized spacial score (nSPS) is 10.3. The van der Waals surface area contributed by atoms with Gasteiger partial charge in [0, 0.05) is 12.6 Å². The Balaban J connectivity index is 2.20. The molecule has 0 radical (unpaired) electrons. The molecule has 0 aliphatic carbocycles. The summed E-state index contributed by atoms with van der Waals surface area (Å²) in [5.41, 5.74) is 2.33. The zero-order chi connectivity index (χ0) is 13.0. The number of aryl methyl sites for hydroxylation is 1. The summed E-state index contributed by atoms with van der Waals surface area (Å²) in [4.78, 5) is 10.8. The zero-order valence-corrected chi connectivity index (χ0v) is 10.6. The molecule has 4 nitrogen and oxygen atoms in total. The van der Waals surface area contributed by atoms with E-state index in [1.54, 1.807) is 17.8 Å². The van der Waals surface area contributed by atoms with Gasteiger partial charge in [-0.25, -0.2) is 0 Å². The highest BCUT2D eigenvalue weighted by Gasteiger charge is 2.06. The molecular weight excluding hydrogens is 228 g/mol. The van der Waals surface area contributed by atoms with Crippen molar-refractivity contribution in [2.24, 2.45) is 7.05 Å². The number of hydrogen-bond donors (Lipinski definition) is 0. The molecule has 1 heterocycles. The van der Waals surface area contributed by atoms with Crippen LogP contribution in [0.25, 0.3) is 11.3 Å². The summed E-state index contributed by atoms with van der Waals surface area (Å²) in [5.74, 6) is 0.854. The van der Waals surface area contributed by atoms with Gasteiger partial charge in [-0.05, 0) is 36.8 Å². The van der Waals surface area contributed by atoms with Crippen LogP contribution in [-0.2, 0) is 7.05 Å². The molecule has 0 atom stereocenters. The topological polar surface area (TPSA) is 44.1 Å². The van der Waals surface area contributed by atoms with Crippen LogP contribution in [-0.4, -0.2) is 22.7 Å². The Bertz CT molecular complexity index is 529. The number of rotatable bonds is 5. The quantitative estimate of drug-likeness (QED) is 0.759. The summed E-state index contributed by atoms with van der Waals surface area (Å²) in [6, 6.07) is 9.50. The second-order valence-corrected chi connectivity index (χ2v) is 4.07. The van der Waals surface area contributed by atoms with E-state index in [4.69, 9.17) is 4.74 Å². The van der Waals surface area contributed by atoms with Gasteiger partial charge in [-0.1, -0.05) is 6.92 Å². The number of carbonyl (C=O) groups is 1. The Morgan fingerprint density at radius 2 is 2.06 bits per heavy atom. The molecule has 94 valence electrons. The standard InChI is InChI=1S/C14H16N2O2/c1-3-8-18-13-6-4-11(5-7-13)14-9-12(10-17)16(2)15-14/h4-7,9-10H,3,8H2,1-2H3. The summed E-state index contributed by atoms with van der Waals surface area (Å²) in [7, 11) is 1.76. The molecule has 4 heteroatoms. The van der Waals surface area contributed by atoms with Crippen LogP contribution in [0.3, 0.4) is 0 Å². The summed E-state index contributed by atoms with van der Waals surface area (Å²) < 4.78 is 7.09. The van der Waals surface area contributed by atoms with Crippen molar-refractivity contribution in [2.45, 2.75) is 13.3 Å². The maximum atomic E-state index is 10.8. The summed E-state index contributed by atoms with van der Waals surface area (Å²) >= 11 is 0. The minimum absolute atomic E-state index is 0.566. The van der Waals surface area contributed by atoms with E-state index in [2.05, 4.69) is 12.0 Å². The van der Waals surface area contributed by atoms with Gasteiger partial charge < -0.3 is 4.74 Å². The van der Waals surface area contributed by atoms with Crippen LogP contribution >= 0.6 is 0 Å². The summed E-state index contributed by atoms with van der Waals surface area (Å²) in [6.07, 6.45) is 1.79. The molecule has 0 unspecified atom stereocenters. The van der Waals surface area contributed by atoms with E-state index in [0.717, 1.165) is 36.3 Å². The molecule has 2 aromatic rings. The predicted molar refractivity (Wildman–Crippen MR) is 69.8 cm³/mol. The fourth-order valence-electron chi connectivity index (χ4n) is 1.67. The van der Waals surface area contributed by atoms with E-state index in [1.165, 1.54) is 0 Å². The fourth-order valence-corrected chi connectivity index (χ4v) is 1.67. The fraction of sp³-hybridized carbons (Fsp3) is 0.286. The van der Waals surface area contributed by atoms with Gasteiger partial charge in [-0.2, -0.15) is 5.10 Å². The highest BCUT2D eigenvalue weighted by molar-refractivity contribution is 5.75. The van der Waals surface area contributed by atoms with Crippen LogP contribution in [0.4, 0.5) is 0 Å². The van der Waals surface area contributed by atoms with Crippen molar-refractivity contribution in [1.29, 1.82) is 0 Å². The number of aromatic nitrogens is 2. The first kappa shape index (κ1) is 12.4. The molecule has 0 saturated heterocycles. The Labute approximate surface area is 106 Å². The molecule has 1 aromatic heterocycles. The first-order valence-corrected chi connectivity index (χ1v) is 5.97. The number of hydrogen-bond acceptors (Lipinski definition) is 3. The van der Waals surface area contributed by atoms with Gasteiger partial charge in [0.25, 0.3) is 0 Å². The molecular formula is C14H16N2O2. The summed E-state index contributed by atoms with van der Waals surface area (Å²) in [6.45, 7) is 2.79. The van der Waals surface area contributed by atoms with Crippen molar-refractivity contribution < 1.29 is 9.53 Å². The van der Waals surface area contributed by atoms with E-state index in [1.807, 2.05) is 24.3 Å². The molecule has 0 fully saturated rings. The molecule has 18 heavy (non-hydrogen) atoms. The van der Waals surface area contributed by atoms with Crippen molar-refractivity contribution in [3.05, 3.63) is 36.0 Å². The van der Waals surface area contributed by atoms with Crippen molar-refractivity contribution in [2.75, 3.05) is 6.61 Å². The maximum Gasteiger partial charge on any atom is 0.168 e. The van der Waals surface area contributed by atoms with Gasteiger partial charge in [0.1, 0.15) is 11.4 Å². The lowest BCUT2D eigenvalue weighted by Crippen LogP contribution is -1.95. The molecule has 0 amide bonds. The molecule has 0 spiro atoms. The largest absolute Gasteiger partial charge is 0.494 e. The predicted octanol–water partition coefficient (Wildman–Crippen LogP) is 2.69. The lowest BCUT2D eigenvalue weighted by Gasteiger charge is -2.04. The first-order valence-electron chi connectivity index (χ1n) is 5.97. The molecule has 0 N–H and O–H groups in total. The molecule has 0 bridgehead atoms. The van der Waals surface area contributed by atoms with E-state index >= 15 is 0 Å². The maximum absolute atomic E-state index is 10.8. The second kappa shape index (κ2) is 5.49. The number of nitrogens with zero attached hydrogens (tertiary/aromatic N) is 2. The van der Waals surface area contributed by atoms with Crippen molar-refractivity contribution >= 4 is 6.29 Å². The minimum atomic E-state index is 0.566. The molecule has 1 aromatic carbocycles. The van der Waals surface area contributed by atoms with Crippen molar-refractivity contribution in [3.8, 4) is 17.0 Å². The lowest BCUT2D eigenvalue weighted by atomic mass is 10.1. The Hall–Kier alpha value is -2.10. The molecule has 2 rings (SSSR count). The molecule has 0 aliphatic heterocycles. The van der Waals surface area contributed by atoms with Crippen LogP contribution in [0.2, 0.25) is 0 Å². The van der Waals surface area contributed by atoms with Gasteiger partial charge >= 0.3 is 0 Å².